The number of hydrogen-bond donors (Lipinski definition) is 1. The lowest BCUT2D eigenvalue weighted by molar-refractivity contribution is -0.386. The molecule has 0 spiro atoms. The van der Waals surface area contributed by atoms with Gasteiger partial charge in [0, 0.05) is 32.1 Å². The molecule has 2 rings (SSSR count). The maximum atomic E-state index is 11.1. The van der Waals surface area contributed by atoms with E-state index in [2.05, 4.69) is 10.3 Å². The standard InChI is InChI=1S/C13H16N4O3/c1-14-8-10-3-4-12(11(7-10)17(18)19)20-9-13-15-5-6-16(13)2/h3-7,14H,8-9H2,1-2H3. The number of nitro benzene ring substituents is 1. The van der Waals surface area contributed by atoms with Crippen molar-refractivity contribution in [2.24, 2.45) is 7.05 Å². The third kappa shape index (κ3) is 3.12. The minimum Gasteiger partial charge on any atom is -0.479 e. The minimum absolute atomic E-state index is 0.0352. The molecule has 0 fully saturated rings. The third-order valence-electron chi connectivity index (χ3n) is 2.88. The average molecular weight is 276 g/mol. The zero-order valence-corrected chi connectivity index (χ0v) is 11.4. The topological polar surface area (TPSA) is 82.2 Å². The lowest BCUT2D eigenvalue weighted by Gasteiger charge is -2.08. The number of aromatic nitrogens is 2. The van der Waals surface area contributed by atoms with Gasteiger partial charge in [0.2, 0.25) is 0 Å². The summed E-state index contributed by atoms with van der Waals surface area (Å²) < 4.78 is 7.32. The van der Waals surface area contributed by atoms with Crippen molar-refractivity contribution in [3.63, 3.8) is 0 Å². The molecule has 7 nitrogen and oxygen atoms in total. The second-order valence-electron chi connectivity index (χ2n) is 4.33. The van der Waals surface area contributed by atoms with Crippen LogP contribution in [0.5, 0.6) is 5.75 Å². The summed E-state index contributed by atoms with van der Waals surface area (Å²) in [4.78, 5) is 14.8. The highest BCUT2D eigenvalue weighted by molar-refractivity contribution is 5.48. The molecule has 106 valence electrons. The zero-order chi connectivity index (χ0) is 14.5. The molecule has 1 aromatic heterocycles. The SMILES string of the molecule is CNCc1ccc(OCc2nccn2C)c([N+](=O)[O-])c1. The van der Waals surface area contributed by atoms with Crippen molar-refractivity contribution in [1.82, 2.24) is 14.9 Å². The Hall–Kier alpha value is -2.41. The van der Waals surface area contributed by atoms with Gasteiger partial charge < -0.3 is 14.6 Å². The van der Waals surface area contributed by atoms with Gasteiger partial charge in [-0.3, -0.25) is 10.1 Å². The maximum Gasteiger partial charge on any atom is 0.311 e. The molecule has 0 saturated carbocycles. The molecule has 0 aliphatic carbocycles. The van der Waals surface area contributed by atoms with Gasteiger partial charge in [0.05, 0.1) is 4.92 Å². The van der Waals surface area contributed by atoms with Gasteiger partial charge in [-0.05, 0) is 18.7 Å². The van der Waals surface area contributed by atoms with Gasteiger partial charge in [-0.25, -0.2) is 4.98 Å². The van der Waals surface area contributed by atoms with Crippen LogP contribution in [0.25, 0.3) is 0 Å². The van der Waals surface area contributed by atoms with Crippen LogP contribution in [0.4, 0.5) is 5.69 Å². The number of nitrogens with zero attached hydrogens (tertiary/aromatic N) is 3. The van der Waals surface area contributed by atoms with Crippen LogP contribution in [-0.4, -0.2) is 21.5 Å². The molecular weight excluding hydrogens is 260 g/mol. The molecule has 0 aliphatic rings. The van der Waals surface area contributed by atoms with Crippen molar-refractivity contribution >= 4 is 5.69 Å². The molecule has 0 radical (unpaired) electrons. The quantitative estimate of drug-likeness (QED) is 0.640. The normalized spacial score (nSPS) is 10.5. The van der Waals surface area contributed by atoms with Crippen molar-refractivity contribution in [2.45, 2.75) is 13.2 Å². The van der Waals surface area contributed by atoms with Crippen LogP contribution in [0.1, 0.15) is 11.4 Å². The van der Waals surface area contributed by atoms with E-state index in [0.717, 1.165) is 5.56 Å². The lowest BCUT2D eigenvalue weighted by Crippen LogP contribution is -2.07. The average Bonchev–Trinajstić information content (AvgIpc) is 2.83. The molecule has 0 atom stereocenters. The van der Waals surface area contributed by atoms with Crippen molar-refractivity contribution in [2.75, 3.05) is 7.05 Å². The molecule has 20 heavy (non-hydrogen) atoms. The number of nitro groups is 1. The van der Waals surface area contributed by atoms with E-state index in [1.165, 1.54) is 6.07 Å². The smallest absolute Gasteiger partial charge is 0.311 e. The molecule has 0 saturated heterocycles. The first-order valence-corrected chi connectivity index (χ1v) is 6.12. The Labute approximate surface area is 116 Å². The second kappa shape index (κ2) is 6.16. The molecular formula is C13H16N4O3. The molecule has 1 aromatic carbocycles. The maximum absolute atomic E-state index is 11.1. The Morgan fingerprint density at radius 3 is 2.90 bits per heavy atom. The summed E-state index contributed by atoms with van der Waals surface area (Å²) in [5.41, 5.74) is 0.801. The summed E-state index contributed by atoms with van der Waals surface area (Å²) in [5.74, 6) is 0.955. The molecule has 1 N–H and O–H groups in total. The Kier molecular flexibility index (Phi) is 4.31. The van der Waals surface area contributed by atoms with Gasteiger partial charge >= 0.3 is 5.69 Å². The van der Waals surface area contributed by atoms with Gasteiger partial charge in [-0.15, -0.1) is 0 Å². The predicted octanol–water partition coefficient (Wildman–Crippen LogP) is 1.63. The molecule has 0 amide bonds. The molecule has 1 heterocycles. The van der Waals surface area contributed by atoms with E-state index in [0.29, 0.717) is 12.4 Å². The van der Waals surface area contributed by atoms with E-state index in [1.54, 1.807) is 36.1 Å². The van der Waals surface area contributed by atoms with Crippen LogP contribution in [0, 0.1) is 10.1 Å². The van der Waals surface area contributed by atoms with Gasteiger partial charge in [-0.2, -0.15) is 0 Å². The fourth-order valence-corrected chi connectivity index (χ4v) is 1.82. The Morgan fingerprint density at radius 2 is 2.30 bits per heavy atom. The van der Waals surface area contributed by atoms with Gasteiger partial charge in [0.25, 0.3) is 0 Å². The number of benzene rings is 1. The Morgan fingerprint density at radius 1 is 1.50 bits per heavy atom. The highest BCUT2D eigenvalue weighted by atomic mass is 16.6. The molecule has 0 unspecified atom stereocenters. The van der Waals surface area contributed by atoms with Crippen LogP contribution >= 0.6 is 0 Å². The first-order valence-electron chi connectivity index (χ1n) is 6.12. The van der Waals surface area contributed by atoms with Gasteiger partial charge in [0.1, 0.15) is 12.4 Å². The summed E-state index contributed by atoms with van der Waals surface area (Å²) in [6, 6.07) is 4.94. The van der Waals surface area contributed by atoms with E-state index in [-0.39, 0.29) is 18.0 Å². The van der Waals surface area contributed by atoms with E-state index >= 15 is 0 Å². The molecule has 2 aromatic rings. The molecule has 0 bridgehead atoms. The summed E-state index contributed by atoms with van der Waals surface area (Å²) in [6.07, 6.45) is 3.45. The van der Waals surface area contributed by atoms with Crippen LogP contribution in [0.15, 0.2) is 30.6 Å². The summed E-state index contributed by atoms with van der Waals surface area (Å²) in [6.45, 7) is 0.760. The fraction of sp³-hybridized carbons (Fsp3) is 0.308. The lowest BCUT2D eigenvalue weighted by atomic mass is 10.2. The van der Waals surface area contributed by atoms with Crippen LogP contribution < -0.4 is 10.1 Å². The fourth-order valence-electron chi connectivity index (χ4n) is 1.82. The van der Waals surface area contributed by atoms with Crippen molar-refractivity contribution in [3.8, 4) is 5.75 Å². The van der Waals surface area contributed by atoms with Crippen LogP contribution in [0.2, 0.25) is 0 Å². The Bertz CT molecular complexity index is 609. The second-order valence-corrected chi connectivity index (χ2v) is 4.33. The van der Waals surface area contributed by atoms with E-state index in [4.69, 9.17) is 4.74 Å². The predicted molar refractivity (Wildman–Crippen MR) is 73.4 cm³/mol. The highest BCUT2D eigenvalue weighted by Crippen LogP contribution is 2.28. The molecule has 0 aliphatic heterocycles. The van der Waals surface area contributed by atoms with E-state index < -0.39 is 4.92 Å². The number of hydrogen-bond acceptors (Lipinski definition) is 5. The number of nitrogens with one attached hydrogen (secondary N) is 1. The van der Waals surface area contributed by atoms with E-state index in [1.807, 2.05) is 7.05 Å². The zero-order valence-electron chi connectivity index (χ0n) is 11.4. The van der Waals surface area contributed by atoms with Crippen LogP contribution in [-0.2, 0) is 20.2 Å². The minimum atomic E-state index is -0.438. The summed E-state index contributed by atoms with van der Waals surface area (Å²) in [5, 5.41) is 14.0. The highest BCUT2D eigenvalue weighted by Gasteiger charge is 2.16. The number of ether oxygens (including phenoxy) is 1. The first-order chi connectivity index (χ1) is 9.61. The largest absolute Gasteiger partial charge is 0.479 e. The number of imidazole rings is 1. The summed E-state index contributed by atoms with van der Waals surface area (Å²) in [7, 11) is 3.63. The third-order valence-corrected chi connectivity index (χ3v) is 2.88. The monoisotopic (exact) mass is 276 g/mol. The van der Waals surface area contributed by atoms with E-state index in [9.17, 15) is 10.1 Å². The summed E-state index contributed by atoms with van der Waals surface area (Å²) >= 11 is 0. The Balaban J connectivity index is 2.18. The van der Waals surface area contributed by atoms with Crippen molar-refractivity contribution < 1.29 is 9.66 Å². The van der Waals surface area contributed by atoms with Gasteiger partial charge in [0.15, 0.2) is 5.75 Å². The van der Waals surface area contributed by atoms with Crippen molar-refractivity contribution in [1.29, 1.82) is 0 Å². The number of aryl methyl sites for hydroxylation is 1. The van der Waals surface area contributed by atoms with Crippen molar-refractivity contribution in [3.05, 3.63) is 52.1 Å². The van der Waals surface area contributed by atoms with Gasteiger partial charge in [-0.1, -0.05) is 6.07 Å². The molecule has 7 heteroatoms. The number of rotatable bonds is 6. The first kappa shape index (κ1) is 14.0. The van der Waals surface area contributed by atoms with Crippen LogP contribution in [0.3, 0.4) is 0 Å².